The third kappa shape index (κ3) is 4.75. The molecule has 1 atom stereocenters. The molecule has 0 aliphatic heterocycles. The van der Waals surface area contributed by atoms with Crippen LogP contribution in [-0.2, 0) is 23.9 Å². The number of carboxylic acids is 1. The fourth-order valence-electron chi connectivity index (χ4n) is 4.04. The van der Waals surface area contributed by atoms with Crippen molar-refractivity contribution in [3.05, 3.63) is 70.4 Å². The van der Waals surface area contributed by atoms with Gasteiger partial charge in [-0.3, -0.25) is 9.48 Å². The number of carboxylic acid groups (broad SMARTS) is 1. The first-order chi connectivity index (χ1) is 15.2. The number of hydrogen-bond donors (Lipinski definition) is 1. The summed E-state index contributed by atoms with van der Waals surface area (Å²) in [6, 6.07) is 13.3. The highest BCUT2D eigenvalue weighted by molar-refractivity contribution is 6.32. The predicted octanol–water partition coefficient (Wildman–Crippen LogP) is 5.81. The fraction of sp³-hybridized carbons (Fsp3) is 0.304. The molecule has 0 spiro atoms. The van der Waals surface area contributed by atoms with Gasteiger partial charge < -0.3 is 9.84 Å². The average Bonchev–Trinajstić information content (AvgIpc) is 3.33. The third-order valence-electron chi connectivity index (χ3n) is 5.52. The van der Waals surface area contributed by atoms with Crippen LogP contribution in [-0.4, -0.2) is 27.5 Å². The highest BCUT2D eigenvalue weighted by Crippen LogP contribution is 2.40. The molecular formula is C23H20ClF3N2O3. The smallest absolute Gasteiger partial charge is 0.435 e. The Labute approximate surface area is 187 Å². The molecule has 2 aromatic carbocycles. The molecule has 0 radical (unpaired) electrons. The van der Waals surface area contributed by atoms with Gasteiger partial charge in [-0.25, -0.2) is 0 Å². The standard InChI is InChI=1S/C23H20ClF3N2O3/c24-18-12-17-15(6-7-16(17)11-22(30)31)10-20(18)32-9-8-29-19(14-4-2-1-3-5-14)13-21(28-29)23(25,26)27/h1-5,10,12-13,16H,6-9,11H2,(H,30,31)/t16-/m0/s1. The van der Waals surface area contributed by atoms with E-state index in [2.05, 4.69) is 5.10 Å². The summed E-state index contributed by atoms with van der Waals surface area (Å²) in [6.45, 7) is 0.158. The predicted molar refractivity (Wildman–Crippen MR) is 113 cm³/mol. The number of aryl methyl sites for hydroxylation is 1. The van der Waals surface area contributed by atoms with E-state index < -0.39 is 17.8 Å². The van der Waals surface area contributed by atoms with Crippen molar-refractivity contribution in [1.29, 1.82) is 0 Å². The van der Waals surface area contributed by atoms with Gasteiger partial charge in [-0.2, -0.15) is 18.3 Å². The minimum atomic E-state index is -4.55. The second-order valence-corrected chi connectivity index (χ2v) is 8.07. The molecule has 0 saturated carbocycles. The van der Waals surface area contributed by atoms with E-state index in [0.29, 0.717) is 22.0 Å². The van der Waals surface area contributed by atoms with Crippen molar-refractivity contribution < 1.29 is 27.8 Å². The van der Waals surface area contributed by atoms with E-state index in [-0.39, 0.29) is 25.5 Å². The van der Waals surface area contributed by atoms with Crippen LogP contribution in [0.2, 0.25) is 5.02 Å². The number of benzene rings is 2. The Hall–Kier alpha value is -3.00. The molecule has 9 heteroatoms. The Kier molecular flexibility index (Phi) is 6.15. The van der Waals surface area contributed by atoms with E-state index >= 15 is 0 Å². The number of fused-ring (bicyclic) bond motifs is 1. The first-order valence-corrected chi connectivity index (χ1v) is 10.5. The molecule has 1 aromatic heterocycles. The summed E-state index contributed by atoms with van der Waals surface area (Å²) in [7, 11) is 0. The summed E-state index contributed by atoms with van der Waals surface area (Å²) in [5.74, 6) is -0.510. The molecule has 32 heavy (non-hydrogen) atoms. The van der Waals surface area contributed by atoms with Crippen LogP contribution < -0.4 is 4.74 Å². The van der Waals surface area contributed by atoms with Gasteiger partial charge in [0.15, 0.2) is 5.69 Å². The minimum Gasteiger partial charge on any atom is -0.490 e. The summed E-state index contributed by atoms with van der Waals surface area (Å²) in [5, 5.41) is 13.1. The molecule has 3 aromatic rings. The molecular weight excluding hydrogens is 445 g/mol. The Bertz CT molecular complexity index is 1130. The highest BCUT2D eigenvalue weighted by atomic mass is 35.5. The molecule has 1 heterocycles. The Morgan fingerprint density at radius 3 is 2.66 bits per heavy atom. The number of hydrogen-bond acceptors (Lipinski definition) is 3. The quantitative estimate of drug-likeness (QED) is 0.479. The van der Waals surface area contributed by atoms with Crippen LogP contribution in [0.3, 0.4) is 0 Å². The van der Waals surface area contributed by atoms with Gasteiger partial charge in [-0.05, 0) is 53.6 Å². The zero-order valence-corrected chi connectivity index (χ0v) is 17.7. The largest absolute Gasteiger partial charge is 0.490 e. The average molecular weight is 465 g/mol. The SMILES string of the molecule is O=C(O)C[C@@H]1CCc2cc(OCCn3nc(C(F)(F)F)cc3-c3ccccc3)c(Cl)cc21. The zero-order chi connectivity index (χ0) is 22.9. The van der Waals surface area contributed by atoms with Crippen molar-refractivity contribution >= 4 is 17.6 Å². The monoisotopic (exact) mass is 464 g/mol. The van der Waals surface area contributed by atoms with Gasteiger partial charge in [0.1, 0.15) is 12.4 Å². The minimum absolute atomic E-state index is 0.0482. The number of ether oxygens (including phenoxy) is 1. The van der Waals surface area contributed by atoms with Crippen LogP contribution in [0.5, 0.6) is 5.75 Å². The Morgan fingerprint density at radius 1 is 1.22 bits per heavy atom. The first kappa shape index (κ1) is 22.2. The third-order valence-corrected chi connectivity index (χ3v) is 5.81. The maximum atomic E-state index is 13.2. The number of alkyl halides is 3. The second-order valence-electron chi connectivity index (χ2n) is 7.67. The van der Waals surface area contributed by atoms with Crippen molar-refractivity contribution in [2.24, 2.45) is 0 Å². The molecule has 0 fully saturated rings. The summed E-state index contributed by atoms with van der Waals surface area (Å²) < 4.78 is 46.7. The highest BCUT2D eigenvalue weighted by Gasteiger charge is 2.35. The number of aromatic nitrogens is 2. The number of halogens is 4. The van der Waals surface area contributed by atoms with Crippen LogP contribution in [0.25, 0.3) is 11.3 Å². The van der Waals surface area contributed by atoms with Gasteiger partial charge in [-0.15, -0.1) is 0 Å². The molecule has 1 aliphatic carbocycles. The van der Waals surface area contributed by atoms with Crippen molar-refractivity contribution in [1.82, 2.24) is 9.78 Å². The summed E-state index contributed by atoms with van der Waals surface area (Å²) >= 11 is 6.34. The van der Waals surface area contributed by atoms with E-state index in [0.717, 1.165) is 30.0 Å². The van der Waals surface area contributed by atoms with Gasteiger partial charge >= 0.3 is 12.1 Å². The number of rotatable bonds is 7. The van der Waals surface area contributed by atoms with Crippen molar-refractivity contribution in [3.8, 4) is 17.0 Å². The number of aliphatic carboxylic acids is 1. The van der Waals surface area contributed by atoms with E-state index in [9.17, 15) is 18.0 Å². The normalized spacial score (nSPS) is 15.6. The maximum absolute atomic E-state index is 13.2. The van der Waals surface area contributed by atoms with E-state index in [4.69, 9.17) is 21.4 Å². The van der Waals surface area contributed by atoms with Gasteiger partial charge in [0.05, 0.1) is 23.7 Å². The molecule has 5 nitrogen and oxygen atoms in total. The van der Waals surface area contributed by atoms with Gasteiger partial charge in [0.2, 0.25) is 0 Å². The topological polar surface area (TPSA) is 64.3 Å². The van der Waals surface area contributed by atoms with Crippen LogP contribution in [0.15, 0.2) is 48.5 Å². The lowest BCUT2D eigenvalue weighted by Gasteiger charge is -2.14. The van der Waals surface area contributed by atoms with Gasteiger partial charge in [0, 0.05) is 0 Å². The molecule has 0 unspecified atom stereocenters. The molecule has 4 rings (SSSR count). The van der Waals surface area contributed by atoms with Gasteiger partial charge in [0.25, 0.3) is 0 Å². The number of carbonyl (C=O) groups is 1. The van der Waals surface area contributed by atoms with Crippen LogP contribution in [0.4, 0.5) is 13.2 Å². The lowest BCUT2D eigenvalue weighted by atomic mass is 9.98. The molecule has 0 amide bonds. The molecule has 1 aliphatic rings. The second kappa shape index (κ2) is 8.86. The zero-order valence-electron chi connectivity index (χ0n) is 16.9. The summed E-state index contributed by atoms with van der Waals surface area (Å²) in [5.41, 5.74) is 1.90. The van der Waals surface area contributed by atoms with Crippen LogP contribution in [0.1, 0.15) is 35.6 Å². The Balaban J connectivity index is 1.51. The molecule has 0 saturated heterocycles. The van der Waals surface area contributed by atoms with E-state index in [1.165, 1.54) is 4.68 Å². The fourth-order valence-corrected chi connectivity index (χ4v) is 4.26. The summed E-state index contributed by atoms with van der Waals surface area (Å²) in [6.07, 6.45) is -3.04. The lowest BCUT2D eigenvalue weighted by molar-refractivity contribution is -0.141. The van der Waals surface area contributed by atoms with Crippen molar-refractivity contribution in [2.75, 3.05) is 6.61 Å². The Morgan fingerprint density at radius 2 is 1.97 bits per heavy atom. The summed E-state index contributed by atoms with van der Waals surface area (Å²) in [4.78, 5) is 11.1. The first-order valence-electron chi connectivity index (χ1n) is 10.1. The molecule has 1 N–H and O–H groups in total. The lowest BCUT2D eigenvalue weighted by Crippen LogP contribution is -2.13. The van der Waals surface area contributed by atoms with E-state index in [1.54, 1.807) is 42.5 Å². The number of nitrogens with zero attached hydrogens (tertiary/aromatic N) is 2. The maximum Gasteiger partial charge on any atom is 0.435 e. The van der Waals surface area contributed by atoms with E-state index in [1.807, 2.05) is 0 Å². The van der Waals surface area contributed by atoms with Crippen molar-refractivity contribution in [3.63, 3.8) is 0 Å². The van der Waals surface area contributed by atoms with Crippen molar-refractivity contribution in [2.45, 2.75) is 37.9 Å². The van der Waals surface area contributed by atoms with Crippen LogP contribution in [0, 0.1) is 0 Å². The molecule has 0 bridgehead atoms. The van der Waals surface area contributed by atoms with Crippen LogP contribution >= 0.6 is 11.6 Å². The van der Waals surface area contributed by atoms with Gasteiger partial charge in [-0.1, -0.05) is 41.9 Å². The molecule has 168 valence electrons.